The molecule has 4 heterocycles. The third kappa shape index (κ3) is 2.80. The lowest BCUT2D eigenvalue weighted by Crippen LogP contribution is -2.47. The minimum atomic E-state index is 0.475. The van der Waals surface area contributed by atoms with Crippen LogP contribution in [0.1, 0.15) is 5.69 Å². The van der Waals surface area contributed by atoms with E-state index in [1.54, 1.807) is 19.5 Å². The maximum Gasteiger partial charge on any atom is 0.164 e. The van der Waals surface area contributed by atoms with Crippen molar-refractivity contribution in [3.63, 3.8) is 0 Å². The number of methoxy groups -OCH3 is 1. The van der Waals surface area contributed by atoms with Gasteiger partial charge in [0.15, 0.2) is 5.69 Å². The Morgan fingerprint density at radius 3 is 2.88 bits per heavy atom. The quantitative estimate of drug-likeness (QED) is 0.782. The van der Waals surface area contributed by atoms with Crippen molar-refractivity contribution >= 4 is 27.6 Å². The Hall–Kier alpha value is -2.69. The van der Waals surface area contributed by atoms with Gasteiger partial charge < -0.3 is 14.6 Å². The summed E-state index contributed by atoms with van der Waals surface area (Å²) in [6.07, 6.45) is 3.50. The van der Waals surface area contributed by atoms with E-state index >= 15 is 0 Å². The van der Waals surface area contributed by atoms with E-state index in [1.807, 2.05) is 12.1 Å². The van der Waals surface area contributed by atoms with Gasteiger partial charge in [-0.1, -0.05) is 0 Å². The van der Waals surface area contributed by atoms with Crippen molar-refractivity contribution in [3.05, 3.63) is 30.2 Å². The van der Waals surface area contributed by atoms with Gasteiger partial charge in [-0.15, -0.1) is 0 Å². The Bertz CT molecular complexity index is 936. The molecule has 1 N–H and O–H groups in total. The summed E-state index contributed by atoms with van der Waals surface area (Å²) in [5, 5.41) is 11.7. The first-order chi connectivity index (χ1) is 12.3. The third-order valence-electron chi connectivity index (χ3n) is 4.79. The van der Waals surface area contributed by atoms with Gasteiger partial charge in [-0.3, -0.25) is 4.90 Å². The predicted octanol–water partition coefficient (Wildman–Crippen LogP) is 1.75. The predicted molar refractivity (Wildman–Crippen MR) is 96.6 cm³/mol. The Labute approximate surface area is 145 Å². The van der Waals surface area contributed by atoms with E-state index in [2.05, 4.69) is 30.8 Å². The van der Waals surface area contributed by atoms with Gasteiger partial charge in [0.05, 0.1) is 24.0 Å². The van der Waals surface area contributed by atoms with Crippen molar-refractivity contribution in [2.45, 2.75) is 0 Å². The number of rotatable bonds is 4. The molecule has 0 aliphatic carbocycles. The highest BCUT2D eigenvalue weighted by Crippen LogP contribution is 2.35. The highest BCUT2D eigenvalue weighted by atomic mass is 16.5. The SMILES string of the molecule is COCCN1CCN(c2c(C#N)ncc3[nH]c4ncccc4c23)CC1. The first-order valence-electron chi connectivity index (χ1n) is 8.43. The molecule has 0 atom stereocenters. The van der Waals surface area contributed by atoms with Crippen LogP contribution in [0.5, 0.6) is 0 Å². The number of H-pyrrole nitrogens is 1. The summed E-state index contributed by atoms with van der Waals surface area (Å²) in [5.74, 6) is 0. The summed E-state index contributed by atoms with van der Waals surface area (Å²) in [6, 6.07) is 6.23. The summed E-state index contributed by atoms with van der Waals surface area (Å²) in [4.78, 5) is 16.7. The fourth-order valence-electron chi connectivity index (χ4n) is 3.51. The molecule has 0 bridgehead atoms. The smallest absolute Gasteiger partial charge is 0.164 e. The molecule has 4 rings (SSSR count). The number of ether oxygens (including phenoxy) is 1. The second kappa shape index (κ2) is 6.67. The number of hydrogen-bond donors (Lipinski definition) is 1. The molecular weight excluding hydrogens is 316 g/mol. The van der Waals surface area contributed by atoms with Crippen molar-refractivity contribution in [2.24, 2.45) is 0 Å². The molecule has 1 aliphatic heterocycles. The Morgan fingerprint density at radius 1 is 1.28 bits per heavy atom. The molecule has 0 amide bonds. The molecule has 7 nitrogen and oxygen atoms in total. The second-order valence-corrected chi connectivity index (χ2v) is 6.20. The molecule has 0 spiro atoms. The number of piperazine rings is 1. The monoisotopic (exact) mass is 336 g/mol. The van der Waals surface area contributed by atoms with E-state index in [9.17, 15) is 5.26 Å². The van der Waals surface area contributed by atoms with Crippen LogP contribution in [0.2, 0.25) is 0 Å². The number of anilines is 1. The largest absolute Gasteiger partial charge is 0.383 e. The lowest BCUT2D eigenvalue weighted by Gasteiger charge is -2.36. The molecular formula is C18H20N6O. The fourth-order valence-corrected chi connectivity index (χ4v) is 3.51. The van der Waals surface area contributed by atoms with Gasteiger partial charge in [0.25, 0.3) is 0 Å². The maximum absolute atomic E-state index is 9.59. The summed E-state index contributed by atoms with van der Waals surface area (Å²) >= 11 is 0. The molecule has 3 aromatic rings. The number of aromatic nitrogens is 3. The van der Waals surface area contributed by atoms with Gasteiger partial charge in [0.2, 0.25) is 0 Å². The first-order valence-corrected chi connectivity index (χ1v) is 8.43. The van der Waals surface area contributed by atoms with Crippen LogP contribution in [0.25, 0.3) is 21.9 Å². The van der Waals surface area contributed by atoms with Gasteiger partial charge in [-0.2, -0.15) is 5.26 Å². The van der Waals surface area contributed by atoms with E-state index in [4.69, 9.17) is 4.74 Å². The van der Waals surface area contributed by atoms with Crippen LogP contribution < -0.4 is 4.90 Å². The molecule has 128 valence electrons. The molecule has 7 heteroatoms. The highest BCUT2D eigenvalue weighted by Gasteiger charge is 2.23. The number of pyridine rings is 2. The van der Waals surface area contributed by atoms with Crippen molar-refractivity contribution in [2.75, 3.05) is 51.3 Å². The number of hydrogen-bond acceptors (Lipinski definition) is 6. The first kappa shape index (κ1) is 15.8. The average Bonchev–Trinajstić information content (AvgIpc) is 3.04. The van der Waals surface area contributed by atoms with Crippen molar-refractivity contribution in [1.29, 1.82) is 5.26 Å². The summed E-state index contributed by atoms with van der Waals surface area (Å²) in [6.45, 7) is 5.32. The number of nitrogens with zero attached hydrogens (tertiary/aromatic N) is 5. The molecule has 3 aromatic heterocycles. The molecule has 25 heavy (non-hydrogen) atoms. The normalized spacial score (nSPS) is 15.8. The number of aromatic amines is 1. The summed E-state index contributed by atoms with van der Waals surface area (Å²) in [5.41, 5.74) is 3.15. The van der Waals surface area contributed by atoms with E-state index in [0.29, 0.717) is 5.69 Å². The minimum Gasteiger partial charge on any atom is -0.383 e. The van der Waals surface area contributed by atoms with Crippen LogP contribution in [-0.2, 0) is 4.74 Å². The Kier molecular flexibility index (Phi) is 4.22. The number of fused-ring (bicyclic) bond motifs is 3. The molecule has 0 aromatic carbocycles. The van der Waals surface area contributed by atoms with Crippen LogP contribution >= 0.6 is 0 Å². The van der Waals surface area contributed by atoms with Crippen LogP contribution in [0.3, 0.4) is 0 Å². The number of nitriles is 1. The van der Waals surface area contributed by atoms with E-state index in [1.165, 1.54) is 0 Å². The lowest BCUT2D eigenvalue weighted by atomic mass is 10.1. The van der Waals surface area contributed by atoms with Gasteiger partial charge >= 0.3 is 0 Å². The van der Waals surface area contributed by atoms with Crippen LogP contribution in [0, 0.1) is 11.3 Å². The molecule has 1 fully saturated rings. The van der Waals surface area contributed by atoms with Crippen LogP contribution in [0.4, 0.5) is 5.69 Å². The van der Waals surface area contributed by atoms with Gasteiger partial charge in [0.1, 0.15) is 11.7 Å². The molecule has 0 unspecified atom stereocenters. The van der Waals surface area contributed by atoms with Crippen molar-refractivity contribution in [1.82, 2.24) is 19.9 Å². The summed E-state index contributed by atoms with van der Waals surface area (Å²) in [7, 11) is 1.73. The highest BCUT2D eigenvalue weighted by molar-refractivity contribution is 6.13. The molecule has 1 saturated heterocycles. The minimum absolute atomic E-state index is 0.475. The second-order valence-electron chi connectivity index (χ2n) is 6.20. The van der Waals surface area contributed by atoms with Crippen molar-refractivity contribution < 1.29 is 4.74 Å². The van der Waals surface area contributed by atoms with Crippen molar-refractivity contribution in [3.8, 4) is 6.07 Å². The molecule has 0 radical (unpaired) electrons. The van der Waals surface area contributed by atoms with Gasteiger partial charge in [-0.25, -0.2) is 9.97 Å². The fraction of sp³-hybridized carbons (Fsp3) is 0.389. The number of nitrogens with one attached hydrogen (secondary N) is 1. The summed E-state index contributed by atoms with van der Waals surface area (Å²) < 4.78 is 5.17. The van der Waals surface area contributed by atoms with Crippen LogP contribution in [0.15, 0.2) is 24.5 Å². The zero-order chi connectivity index (χ0) is 17.2. The van der Waals surface area contributed by atoms with E-state index in [0.717, 1.165) is 67.0 Å². The Balaban J connectivity index is 1.75. The lowest BCUT2D eigenvalue weighted by molar-refractivity contribution is 0.144. The third-order valence-corrected chi connectivity index (χ3v) is 4.79. The average molecular weight is 336 g/mol. The maximum atomic E-state index is 9.59. The van der Waals surface area contributed by atoms with E-state index in [-0.39, 0.29) is 0 Å². The standard InChI is InChI=1S/C18H20N6O/c1-25-10-9-23-5-7-24(8-6-23)17-14(11-19)21-12-15-16(17)13-3-2-4-20-18(13)22-15/h2-4,12H,5-10H2,1H3,(H,20,22). The zero-order valence-electron chi connectivity index (χ0n) is 14.2. The van der Waals surface area contributed by atoms with E-state index < -0.39 is 0 Å². The Morgan fingerprint density at radius 2 is 2.12 bits per heavy atom. The van der Waals surface area contributed by atoms with Gasteiger partial charge in [-0.05, 0) is 12.1 Å². The topological polar surface area (TPSA) is 81.1 Å². The molecule has 0 saturated carbocycles. The molecule has 1 aliphatic rings. The zero-order valence-corrected chi connectivity index (χ0v) is 14.2. The van der Waals surface area contributed by atoms with Crippen LogP contribution in [-0.4, -0.2) is 66.3 Å². The van der Waals surface area contributed by atoms with Gasteiger partial charge in [0, 0.05) is 56.8 Å².